The molecule has 0 aliphatic carbocycles. The molecule has 0 radical (unpaired) electrons. The highest BCUT2D eigenvalue weighted by molar-refractivity contribution is 5.76. The monoisotopic (exact) mass is 493 g/mol. The quantitative estimate of drug-likeness (QED) is 0.267. The molecule has 35 heavy (non-hydrogen) atoms. The largest absolute Gasteiger partial charge is 0.483 e. The average molecular weight is 494 g/mol. The third kappa shape index (κ3) is 17.4. The summed E-state index contributed by atoms with van der Waals surface area (Å²) in [6.45, 7) is 16.3. The predicted octanol–water partition coefficient (Wildman–Crippen LogP) is 4.79. The third-order valence-corrected chi connectivity index (χ3v) is 4.88. The molecule has 200 valence electrons. The van der Waals surface area contributed by atoms with Crippen molar-refractivity contribution in [2.75, 3.05) is 26.9 Å². The van der Waals surface area contributed by atoms with Gasteiger partial charge in [0.05, 0.1) is 0 Å². The maximum Gasteiger partial charge on any atom is 0.330 e. The number of pyridine rings is 1. The van der Waals surface area contributed by atoms with E-state index in [4.69, 9.17) is 14.6 Å². The van der Waals surface area contributed by atoms with E-state index < -0.39 is 0 Å². The minimum Gasteiger partial charge on any atom is -0.483 e. The summed E-state index contributed by atoms with van der Waals surface area (Å²) in [5, 5.41) is 6.89. The number of aldehydes is 1. The van der Waals surface area contributed by atoms with Gasteiger partial charge in [0, 0.05) is 43.5 Å². The van der Waals surface area contributed by atoms with Gasteiger partial charge in [0.15, 0.2) is 0 Å². The molecule has 1 saturated heterocycles. The topological polar surface area (TPSA) is 100 Å². The van der Waals surface area contributed by atoms with Gasteiger partial charge in [-0.2, -0.15) is 0 Å². The molecular weight excluding hydrogens is 446 g/mol. The second-order valence-electron chi connectivity index (χ2n) is 8.32. The van der Waals surface area contributed by atoms with Gasteiger partial charge in [0.2, 0.25) is 0 Å². The van der Waals surface area contributed by atoms with Crippen LogP contribution in [-0.2, 0) is 25.5 Å². The Kier molecular flexibility index (Phi) is 22.6. The second kappa shape index (κ2) is 23.0. The van der Waals surface area contributed by atoms with E-state index in [1.165, 1.54) is 0 Å². The normalized spacial score (nSPS) is 13.9. The number of carbonyl (C=O) groups excluding carboxylic acids is 2. The van der Waals surface area contributed by atoms with Crippen LogP contribution in [0.4, 0.5) is 0 Å². The van der Waals surface area contributed by atoms with E-state index in [1.54, 1.807) is 6.20 Å². The van der Waals surface area contributed by atoms with Crippen LogP contribution in [0, 0.1) is 5.92 Å². The Morgan fingerprint density at radius 2 is 2.00 bits per heavy atom. The molecule has 1 N–H and O–H groups in total. The van der Waals surface area contributed by atoms with Gasteiger partial charge in [-0.15, -0.1) is 0 Å². The summed E-state index contributed by atoms with van der Waals surface area (Å²) in [5.41, 5.74) is 2.10. The number of esters is 1. The number of unbranched alkanes of at least 4 members (excludes halogenated alkanes) is 1. The molecule has 1 aliphatic heterocycles. The van der Waals surface area contributed by atoms with Crippen LogP contribution in [0.15, 0.2) is 36.7 Å². The number of hydrogen-bond acceptors (Lipinski definition) is 7. The third-order valence-electron chi connectivity index (χ3n) is 4.88. The Balaban J connectivity index is 0. The van der Waals surface area contributed by atoms with E-state index >= 15 is 0 Å². The zero-order valence-electron chi connectivity index (χ0n) is 22.6. The minimum absolute atomic E-state index is 0.132. The molecular formula is C27H47N3O5. The molecule has 0 saturated carbocycles. The molecule has 0 bridgehead atoms. The van der Waals surface area contributed by atoms with E-state index in [9.17, 15) is 9.59 Å². The first-order chi connectivity index (χ1) is 16.8. The lowest BCUT2D eigenvalue weighted by atomic mass is 10.1. The zero-order valence-corrected chi connectivity index (χ0v) is 22.6. The molecule has 0 amide bonds. The number of ether oxygens (including phenoxy) is 1. The van der Waals surface area contributed by atoms with Crippen LogP contribution in [0.5, 0.6) is 0 Å². The Morgan fingerprint density at radius 3 is 2.49 bits per heavy atom. The summed E-state index contributed by atoms with van der Waals surface area (Å²) in [4.78, 5) is 38.7. The van der Waals surface area contributed by atoms with Gasteiger partial charge in [-0.05, 0) is 50.8 Å². The predicted molar refractivity (Wildman–Crippen MR) is 141 cm³/mol. The first kappa shape index (κ1) is 34.4. The molecule has 0 aromatic carbocycles. The van der Waals surface area contributed by atoms with Crippen molar-refractivity contribution in [1.82, 2.24) is 14.8 Å². The number of nitrogens with zero attached hydrogens (tertiary/aromatic N) is 3. The zero-order chi connectivity index (χ0) is 27.1. The summed E-state index contributed by atoms with van der Waals surface area (Å²) in [6.07, 6.45) is 8.06. The highest BCUT2D eigenvalue weighted by Gasteiger charge is 2.32. The maximum absolute atomic E-state index is 12.5. The molecule has 1 aromatic rings. The van der Waals surface area contributed by atoms with Crippen molar-refractivity contribution in [3.8, 4) is 0 Å². The number of carboxylic acid groups (broad SMARTS) is 1. The molecule has 2 heterocycles. The molecule has 1 fully saturated rings. The highest BCUT2D eigenvalue weighted by atomic mass is 16.5. The Labute approximate surface area is 212 Å². The number of hydrogen-bond donors (Lipinski definition) is 1. The van der Waals surface area contributed by atoms with Crippen LogP contribution >= 0.6 is 0 Å². The number of likely N-dealkylation sites (N-methyl/N-ethyl adjacent to an activating group) is 1. The molecule has 1 aliphatic rings. The molecule has 1 unspecified atom stereocenters. The molecule has 1 atom stereocenters. The van der Waals surface area contributed by atoms with Crippen molar-refractivity contribution in [1.29, 1.82) is 0 Å². The van der Waals surface area contributed by atoms with Gasteiger partial charge in [0.25, 0.3) is 6.47 Å². The van der Waals surface area contributed by atoms with Crippen molar-refractivity contribution in [3.63, 3.8) is 0 Å². The average Bonchev–Trinajstić information content (AvgIpc) is 3.35. The SMILES string of the molecule is C=C(CC(C)C)N1CCCC1C(=O)OCN(C)CCc1ccccn1.CC.CCCC=O.O=CO. The molecule has 0 spiro atoms. The molecule has 8 heteroatoms. The Morgan fingerprint density at radius 1 is 1.34 bits per heavy atom. The number of aromatic nitrogens is 1. The fourth-order valence-electron chi connectivity index (χ4n) is 3.28. The first-order valence-electron chi connectivity index (χ1n) is 12.5. The lowest BCUT2D eigenvalue weighted by Crippen LogP contribution is -2.38. The second-order valence-corrected chi connectivity index (χ2v) is 8.32. The van der Waals surface area contributed by atoms with E-state index in [-0.39, 0.29) is 18.5 Å². The van der Waals surface area contributed by atoms with Gasteiger partial charge >= 0.3 is 5.97 Å². The molecule has 2 rings (SSSR count). The van der Waals surface area contributed by atoms with Crippen molar-refractivity contribution in [2.45, 2.75) is 79.2 Å². The minimum atomic E-state index is -0.250. The summed E-state index contributed by atoms with van der Waals surface area (Å²) < 4.78 is 5.55. The summed E-state index contributed by atoms with van der Waals surface area (Å²) in [5.74, 6) is 0.412. The van der Waals surface area contributed by atoms with Gasteiger partial charge in [0.1, 0.15) is 19.1 Å². The lowest BCUT2D eigenvalue weighted by molar-refractivity contribution is -0.152. The number of carbonyl (C=O) groups is 3. The van der Waals surface area contributed by atoms with E-state index in [1.807, 2.05) is 50.9 Å². The number of rotatable bonds is 11. The van der Waals surface area contributed by atoms with Crippen LogP contribution < -0.4 is 0 Å². The molecule has 1 aromatic heterocycles. The lowest BCUT2D eigenvalue weighted by Gasteiger charge is -2.28. The van der Waals surface area contributed by atoms with Crippen LogP contribution in [-0.4, -0.2) is 71.5 Å². The Bertz CT molecular complexity index is 683. The number of allylic oxidation sites excluding steroid dienone is 1. The summed E-state index contributed by atoms with van der Waals surface area (Å²) in [6, 6.07) is 5.74. The van der Waals surface area contributed by atoms with Crippen LogP contribution in [0.2, 0.25) is 0 Å². The van der Waals surface area contributed by atoms with Crippen molar-refractivity contribution in [2.24, 2.45) is 5.92 Å². The van der Waals surface area contributed by atoms with E-state index in [2.05, 4.69) is 30.3 Å². The van der Waals surface area contributed by atoms with Crippen molar-refractivity contribution >= 4 is 18.7 Å². The van der Waals surface area contributed by atoms with E-state index in [0.29, 0.717) is 19.1 Å². The Hall–Kier alpha value is -2.74. The van der Waals surface area contributed by atoms with Crippen LogP contribution in [0.1, 0.15) is 72.4 Å². The van der Waals surface area contributed by atoms with Gasteiger partial charge < -0.3 is 19.5 Å². The molecule has 8 nitrogen and oxygen atoms in total. The van der Waals surface area contributed by atoms with Gasteiger partial charge in [-0.25, -0.2) is 4.79 Å². The fourth-order valence-corrected chi connectivity index (χ4v) is 3.28. The van der Waals surface area contributed by atoms with Crippen LogP contribution in [0.3, 0.4) is 0 Å². The number of likely N-dealkylation sites (tertiary alicyclic amines) is 1. The van der Waals surface area contributed by atoms with Gasteiger partial charge in [-0.3, -0.25) is 14.7 Å². The maximum atomic E-state index is 12.5. The first-order valence-corrected chi connectivity index (χ1v) is 12.5. The summed E-state index contributed by atoms with van der Waals surface area (Å²) >= 11 is 0. The summed E-state index contributed by atoms with van der Waals surface area (Å²) in [7, 11) is 1.96. The van der Waals surface area contributed by atoms with Crippen molar-refractivity contribution < 1.29 is 24.2 Å². The standard InChI is InChI=1S/C20H31N3O2.C4H8O.C2H6.CH2O2/c1-16(2)14-17(3)23-12-7-9-19(23)20(24)25-15-22(4)13-10-18-8-5-6-11-21-18;1-2-3-4-5;1-2;2-1-3/h5-6,8,11,16,19H,3,7,9-10,12-15H2,1-2,4H3;4H,2-3H2,1H3;1-2H3;1H,(H,2,3). The fraction of sp³-hybridized carbons (Fsp3) is 0.630. The van der Waals surface area contributed by atoms with Gasteiger partial charge in [-0.1, -0.05) is 47.3 Å². The smallest absolute Gasteiger partial charge is 0.330 e. The highest BCUT2D eigenvalue weighted by Crippen LogP contribution is 2.25. The van der Waals surface area contributed by atoms with Crippen LogP contribution in [0.25, 0.3) is 0 Å². The van der Waals surface area contributed by atoms with E-state index in [0.717, 1.165) is 62.9 Å². The van der Waals surface area contributed by atoms with Crippen molar-refractivity contribution in [3.05, 3.63) is 42.4 Å².